The van der Waals surface area contributed by atoms with Crippen molar-refractivity contribution in [2.45, 2.75) is 32.4 Å². The summed E-state index contributed by atoms with van der Waals surface area (Å²) in [5, 5.41) is 6.93. The van der Waals surface area contributed by atoms with Gasteiger partial charge in [-0.05, 0) is 25.7 Å². The van der Waals surface area contributed by atoms with Gasteiger partial charge in [0.1, 0.15) is 5.01 Å². The van der Waals surface area contributed by atoms with Crippen molar-refractivity contribution in [3.8, 4) is 11.3 Å². The third-order valence-electron chi connectivity index (χ3n) is 4.17. The standard InChI is InChI=1S/C17H22N2OS/c1-13(14-7-9-20-10-8-14)18-11-17-19-16(12-21-17)15-5-3-2-4-6-15/h2-6,12-14,18H,7-11H2,1H3. The molecule has 0 amide bonds. The van der Waals surface area contributed by atoms with E-state index in [1.54, 1.807) is 11.3 Å². The van der Waals surface area contributed by atoms with Gasteiger partial charge in [-0.25, -0.2) is 4.98 Å². The van der Waals surface area contributed by atoms with Crippen molar-refractivity contribution in [2.75, 3.05) is 13.2 Å². The molecule has 1 unspecified atom stereocenters. The highest BCUT2D eigenvalue weighted by atomic mass is 32.1. The predicted molar refractivity (Wildman–Crippen MR) is 87.4 cm³/mol. The van der Waals surface area contributed by atoms with Crippen LogP contribution in [0.3, 0.4) is 0 Å². The average molecular weight is 302 g/mol. The molecule has 21 heavy (non-hydrogen) atoms. The SMILES string of the molecule is CC(NCc1nc(-c2ccccc2)cs1)C1CCOCC1. The van der Waals surface area contributed by atoms with Crippen LogP contribution in [0.15, 0.2) is 35.7 Å². The second kappa shape index (κ2) is 7.16. The summed E-state index contributed by atoms with van der Waals surface area (Å²) in [5.41, 5.74) is 2.27. The van der Waals surface area contributed by atoms with Gasteiger partial charge >= 0.3 is 0 Å². The van der Waals surface area contributed by atoms with Gasteiger partial charge in [-0.2, -0.15) is 0 Å². The van der Waals surface area contributed by atoms with E-state index < -0.39 is 0 Å². The van der Waals surface area contributed by atoms with Gasteiger partial charge < -0.3 is 10.1 Å². The lowest BCUT2D eigenvalue weighted by atomic mass is 9.93. The lowest BCUT2D eigenvalue weighted by Crippen LogP contribution is -2.36. The molecule has 3 nitrogen and oxygen atoms in total. The molecule has 112 valence electrons. The Morgan fingerprint density at radius 1 is 1.29 bits per heavy atom. The highest BCUT2D eigenvalue weighted by molar-refractivity contribution is 7.09. The monoisotopic (exact) mass is 302 g/mol. The van der Waals surface area contributed by atoms with Crippen LogP contribution < -0.4 is 5.32 Å². The van der Waals surface area contributed by atoms with Crippen molar-refractivity contribution in [1.82, 2.24) is 10.3 Å². The fraction of sp³-hybridized carbons (Fsp3) is 0.471. The van der Waals surface area contributed by atoms with Crippen LogP contribution in [0.2, 0.25) is 0 Å². The van der Waals surface area contributed by atoms with E-state index in [-0.39, 0.29) is 0 Å². The van der Waals surface area contributed by atoms with E-state index in [0.717, 1.165) is 36.4 Å². The third kappa shape index (κ3) is 3.90. The van der Waals surface area contributed by atoms with E-state index in [9.17, 15) is 0 Å². The van der Waals surface area contributed by atoms with Gasteiger partial charge in [0.2, 0.25) is 0 Å². The van der Waals surface area contributed by atoms with Gasteiger partial charge in [0, 0.05) is 36.7 Å². The molecule has 1 aromatic carbocycles. The van der Waals surface area contributed by atoms with E-state index >= 15 is 0 Å². The van der Waals surface area contributed by atoms with Crippen molar-refractivity contribution in [3.63, 3.8) is 0 Å². The first-order valence-electron chi connectivity index (χ1n) is 7.64. The van der Waals surface area contributed by atoms with Crippen LogP contribution in [-0.4, -0.2) is 24.2 Å². The molecule has 1 aliphatic rings. The van der Waals surface area contributed by atoms with Gasteiger partial charge in [0.05, 0.1) is 5.69 Å². The maximum atomic E-state index is 5.43. The summed E-state index contributed by atoms with van der Waals surface area (Å²) in [6.07, 6.45) is 2.34. The van der Waals surface area contributed by atoms with Crippen molar-refractivity contribution in [2.24, 2.45) is 5.92 Å². The quantitative estimate of drug-likeness (QED) is 0.914. The number of nitrogens with zero attached hydrogens (tertiary/aromatic N) is 1. The smallest absolute Gasteiger partial charge is 0.107 e. The van der Waals surface area contributed by atoms with Crippen molar-refractivity contribution in [1.29, 1.82) is 0 Å². The van der Waals surface area contributed by atoms with Gasteiger partial charge in [-0.1, -0.05) is 30.3 Å². The molecule has 3 rings (SSSR count). The molecule has 1 atom stereocenters. The van der Waals surface area contributed by atoms with Crippen molar-refractivity contribution < 1.29 is 4.74 Å². The number of aromatic nitrogens is 1. The molecule has 1 saturated heterocycles. The molecule has 2 aromatic rings. The molecule has 2 heterocycles. The predicted octanol–water partition coefficient (Wildman–Crippen LogP) is 3.71. The van der Waals surface area contributed by atoms with Crippen molar-refractivity contribution in [3.05, 3.63) is 40.7 Å². The minimum atomic E-state index is 0.526. The highest BCUT2D eigenvalue weighted by Crippen LogP contribution is 2.22. The molecule has 0 aliphatic carbocycles. The van der Waals surface area contributed by atoms with Gasteiger partial charge in [-0.15, -0.1) is 11.3 Å². The van der Waals surface area contributed by atoms with Crippen LogP contribution in [0.5, 0.6) is 0 Å². The molecule has 0 saturated carbocycles. The summed E-state index contributed by atoms with van der Waals surface area (Å²) in [4.78, 5) is 4.73. The number of hydrogen-bond acceptors (Lipinski definition) is 4. The lowest BCUT2D eigenvalue weighted by molar-refractivity contribution is 0.0558. The van der Waals surface area contributed by atoms with Crippen LogP contribution in [0.1, 0.15) is 24.8 Å². The maximum Gasteiger partial charge on any atom is 0.107 e. The van der Waals surface area contributed by atoms with Crippen molar-refractivity contribution >= 4 is 11.3 Å². The van der Waals surface area contributed by atoms with Crippen LogP contribution in [0.25, 0.3) is 11.3 Å². The van der Waals surface area contributed by atoms with Gasteiger partial charge in [0.25, 0.3) is 0 Å². The van der Waals surface area contributed by atoms with E-state index in [1.807, 2.05) is 6.07 Å². The van der Waals surface area contributed by atoms with E-state index in [4.69, 9.17) is 9.72 Å². The molecular formula is C17H22N2OS. The molecule has 1 N–H and O–H groups in total. The fourth-order valence-corrected chi connectivity index (χ4v) is 3.52. The summed E-state index contributed by atoms with van der Waals surface area (Å²) in [7, 11) is 0. The molecule has 1 fully saturated rings. The topological polar surface area (TPSA) is 34.2 Å². The Morgan fingerprint density at radius 3 is 2.81 bits per heavy atom. The Bertz CT molecular complexity index is 549. The molecule has 4 heteroatoms. The number of thiazole rings is 1. The Balaban J connectivity index is 1.55. The minimum Gasteiger partial charge on any atom is -0.381 e. The molecule has 1 aromatic heterocycles. The Kier molecular flexibility index (Phi) is 5.01. The summed E-state index contributed by atoms with van der Waals surface area (Å²) >= 11 is 1.73. The molecule has 0 spiro atoms. The summed E-state index contributed by atoms with van der Waals surface area (Å²) in [6, 6.07) is 10.9. The maximum absolute atomic E-state index is 5.43. The van der Waals surface area contributed by atoms with E-state index in [1.165, 1.54) is 18.4 Å². The number of ether oxygens (including phenoxy) is 1. The molecule has 0 bridgehead atoms. The van der Waals surface area contributed by atoms with E-state index in [0.29, 0.717) is 6.04 Å². The highest BCUT2D eigenvalue weighted by Gasteiger charge is 2.20. The third-order valence-corrected chi connectivity index (χ3v) is 5.02. The van der Waals surface area contributed by atoms with Gasteiger partial charge in [-0.3, -0.25) is 0 Å². The second-order valence-electron chi connectivity index (χ2n) is 5.61. The normalized spacial score (nSPS) is 17.8. The van der Waals surface area contributed by atoms with Crippen LogP contribution in [0, 0.1) is 5.92 Å². The zero-order valence-electron chi connectivity index (χ0n) is 12.4. The first kappa shape index (κ1) is 14.7. The summed E-state index contributed by atoms with van der Waals surface area (Å²) in [5.74, 6) is 0.729. The molecular weight excluding hydrogens is 280 g/mol. The average Bonchev–Trinajstić information content (AvgIpc) is 3.03. The lowest BCUT2D eigenvalue weighted by Gasteiger charge is -2.28. The molecule has 0 radical (unpaired) electrons. The first-order chi connectivity index (χ1) is 10.3. The number of rotatable bonds is 5. The summed E-state index contributed by atoms with van der Waals surface area (Å²) < 4.78 is 5.43. The van der Waals surface area contributed by atoms with Crippen LogP contribution >= 0.6 is 11.3 Å². The second-order valence-corrected chi connectivity index (χ2v) is 6.55. The van der Waals surface area contributed by atoms with E-state index in [2.05, 4.69) is 41.9 Å². The van der Waals surface area contributed by atoms with Gasteiger partial charge in [0.15, 0.2) is 0 Å². The number of benzene rings is 1. The van der Waals surface area contributed by atoms with Crippen LogP contribution in [0.4, 0.5) is 0 Å². The minimum absolute atomic E-state index is 0.526. The Labute approximate surface area is 130 Å². The zero-order valence-corrected chi connectivity index (χ0v) is 13.2. The summed E-state index contributed by atoms with van der Waals surface area (Å²) in [6.45, 7) is 4.95. The Morgan fingerprint density at radius 2 is 2.05 bits per heavy atom. The number of hydrogen-bond donors (Lipinski definition) is 1. The molecule has 1 aliphatic heterocycles. The zero-order chi connectivity index (χ0) is 14.5. The Hall–Kier alpha value is -1.23. The number of nitrogens with one attached hydrogen (secondary N) is 1. The largest absolute Gasteiger partial charge is 0.381 e. The fourth-order valence-electron chi connectivity index (χ4n) is 2.76. The first-order valence-corrected chi connectivity index (χ1v) is 8.52. The van der Waals surface area contributed by atoms with Crippen LogP contribution in [-0.2, 0) is 11.3 Å².